The third-order valence-corrected chi connectivity index (χ3v) is 8.39. The molecule has 39 heavy (non-hydrogen) atoms. The van der Waals surface area contributed by atoms with Crippen LogP contribution in [0.15, 0.2) is 66.9 Å². The number of pyridine rings is 1. The third kappa shape index (κ3) is 5.04. The molecule has 3 heterocycles. The molecule has 1 aliphatic heterocycles. The lowest BCUT2D eigenvalue weighted by Crippen LogP contribution is -2.29. The smallest absolute Gasteiger partial charge is 0.229 e. The lowest BCUT2D eigenvalue weighted by molar-refractivity contribution is 0.565. The average Bonchev–Trinajstić information content (AvgIpc) is 3.37. The predicted molar refractivity (Wildman–Crippen MR) is 162 cm³/mol. The summed E-state index contributed by atoms with van der Waals surface area (Å²) >= 11 is 5.92. The molecule has 0 aliphatic carbocycles. The van der Waals surface area contributed by atoms with Gasteiger partial charge in [0.05, 0.1) is 29.7 Å². The molecule has 1 saturated heterocycles. The van der Waals surface area contributed by atoms with Crippen LogP contribution in [0.1, 0.15) is 51.4 Å². The van der Waals surface area contributed by atoms with Crippen molar-refractivity contribution < 1.29 is 8.42 Å². The highest BCUT2D eigenvalue weighted by molar-refractivity contribution is 7.92. The van der Waals surface area contributed by atoms with Gasteiger partial charge in [0.15, 0.2) is 5.11 Å². The Kier molecular flexibility index (Phi) is 6.99. The Morgan fingerprint density at radius 1 is 0.949 bits per heavy atom. The van der Waals surface area contributed by atoms with Crippen LogP contribution in [0.3, 0.4) is 0 Å². The Morgan fingerprint density at radius 3 is 2.38 bits per heavy atom. The molecule has 2 atom stereocenters. The highest BCUT2D eigenvalue weighted by atomic mass is 32.2. The molecule has 9 heteroatoms. The van der Waals surface area contributed by atoms with Crippen molar-refractivity contribution in [2.24, 2.45) is 0 Å². The molecule has 2 aromatic carbocycles. The summed E-state index contributed by atoms with van der Waals surface area (Å²) in [4.78, 5) is 6.81. The van der Waals surface area contributed by atoms with E-state index in [0.29, 0.717) is 10.8 Å². The van der Waals surface area contributed by atoms with Crippen LogP contribution in [-0.2, 0) is 10.0 Å². The van der Waals surface area contributed by atoms with E-state index in [1.165, 1.54) is 11.1 Å². The highest BCUT2D eigenvalue weighted by Crippen LogP contribution is 2.44. The van der Waals surface area contributed by atoms with Crippen LogP contribution in [0.25, 0.3) is 5.69 Å². The summed E-state index contributed by atoms with van der Waals surface area (Å²) in [5.41, 5.74) is 10.2. The van der Waals surface area contributed by atoms with Gasteiger partial charge in [0.25, 0.3) is 0 Å². The van der Waals surface area contributed by atoms with Crippen LogP contribution < -0.4 is 14.9 Å². The molecule has 4 aromatic rings. The first kappa shape index (κ1) is 26.9. The van der Waals surface area contributed by atoms with Crippen LogP contribution in [0.2, 0.25) is 0 Å². The Labute approximate surface area is 235 Å². The van der Waals surface area contributed by atoms with E-state index in [0.717, 1.165) is 45.8 Å². The van der Waals surface area contributed by atoms with E-state index >= 15 is 0 Å². The minimum Gasteiger partial charge on any atom is -0.351 e. The number of aromatic nitrogens is 2. The fourth-order valence-electron chi connectivity index (χ4n) is 5.50. The molecule has 0 spiro atoms. The minimum absolute atomic E-state index is 0.175. The average molecular weight is 560 g/mol. The third-order valence-electron chi connectivity index (χ3n) is 7.49. The fourth-order valence-corrected chi connectivity index (χ4v) is 6.47. The second-order valence-corrected chi connectivity index (χ2v) is 12.4. The summed E-state index contributed by atoms with van der Waals surface area (Å²) in [5.74, 6) is 0. The van der Waals surface area contributed by atoms with Gasteiger partial charge in [-0.2, -0.15) is 0 Å². The van der Waals surface area contributed by atoms with Gasteiger partial charge in [0.1, 0.15) is 0 Å². The van der Waals surface area contributed by atoms with E-state index in [1.807, 2.05) is 37.3 Å². The summed E-state index contributed by atoms with van der Waals surface area (Å²) in [7, 11) is -3.39. The maximum atomic E-state index is 11.9. The normalized spacial score (nSPS) is 17.4. The highest BCUT2D eigenvalue weighted by Gasteiger charge is 2.42. The van der Waals surface area contributed by atoms with Crippen molar-refractivity contribution in [1.29, 1.82) is 0 Å². The fraction of sp³-hybridized carbons (Fsp3) is 0.267. The summed E-state index contributed by atoms with van der Waals surface area (Å²) in [6, 6.07) is 19.9. The topological polar surface area (TPSA) is 79.3 Å². The molecule has 202 valence electrons. The second-order valence-electron chi connectivity index (χ2n) is 10.3. The monoisotopic (exact) mass is 559 g/mol. The van der Waals surface area contributed by atoms with Gasteiger partial charge in [-0.25, -0.2) is 8.42 Å². The van der Waals surface area contributed by atoms with Crippen molar-refractivity contribution in [3.63, 3.8) is 0 Å². The van der Waals surface area contributed by atoms with Gasteiger partial charge in [-0.15, -0.1) is 0 Å². The standard InChI is InChI=1S/C30H33N5O2S2/c1-18-10-9-12-27(21(18)4)34-20(3)17-24(22(34)5)29-28(26-11-7-8-15-31-26)32-30(38)35(29)23-13-14-25(19(2)16-23)33-39(6,36)37/h7-17,28-29,33H,1-6H3,(H,32,38)/t28-,29-/m0/s1. The number of rotatable bonds is 6. The van der Waals surface area contributed by atoms with Gasteiger partial charge >= 0.3 is 0 Å². The first-order chi connectivity index (χ1) is 18.5. The molecule has 1 aliphatic rings. The molecular formula is C30H33N5O2S2. The molecule has 5 rings (SSSR count). The molecule has 2 aromatic heterocycles. The van der Waals surface area contributed by atoms with Crippen LogP contribution >= 0.6 is 12.2 Å². The van der Waals surface area contributed by atoms with Crippen molar-refractivity contribution in [2.45, 2.75) is 46.7 Å². The lowest BCUT2D eigenvalue weighted by Gasteiger charge is -2.29. The molecule has 7 nitrogen and oxygen atoms in total. The number of nitrogens with one attached hydrogen (secondary N) is 2. The summed E-state index contributed by atoms with van der Waals surface area (Å²) in [5, 5.41) is 4.12. The van der Waals surface area contributed by atoms with Gasteiger partial charge < -0.3 is 14.8 Å². The van der Waals surface area contributed by atoms with Gasteiger partial charge in [-0.05, 0) is 112 Å². The van der Waals surface area contributed by atoms with E-state index in [-0.39, 0.29) is 12.1 Å². The van der Waals surface area contributed by atoms with Crippen LogP contribution in [0.4, 0.5) is 11.4 Å². The second kappa shape index (κ2) is 10.1. The molecule has 0 unspecified atom stereocenters. The zero-order chi connectivity index (χ0) is 28.1. The molecule has 2 N–H and O–H groups in total. The van der Waals surface area contributed by atoms with Gasteiger partial charge in [-0.3, -0.25) is 9.71 Å². The van der Waals surface area contributed by atoms with Crippen LogP contribution in [-0.4, -0.2) is 29.3 Å². The maximum Gasteiger partial charge on any atom is 0.229 e. The molecule has 0 bridgehead atoms. The Morgan fingerprint density at radius 2 is 1.72 bits per heavy atom. The first-order valence-corrected chi connectivity index (χ1v) is 15.1. The van der Waals surface area contributed by atoms with E-state index in [2.05, 4.69) is 76.5 Å². The number of hydrogen-bond acceptors (Lipinski definition) is 4. The molecule has 0 saturated carbocycles. The molecule has 0 radical (unpaired) electrons. The van der Waals surface area contributed by atoms with Crippen molar-refractivity contribution in [1.82, 2.24) is 14.9 Å². The van der Waals surface area contributed by atoms with Gasteiger partial charge in [0.2, 0.25) is 10.0 Å². The van der Waals surface area contributed by atoms with E-state index in [4.69, 9.17) is 12.2 Å². The van der Waals surface area contributed by atoms with Crippen molar-refractivity contribution in [3.8, 4) is 5.69 Å². The Hall–Kier alpha value is -3.69. The summed E-state index contributed by atoms with van der Waals surface area (Å²) in [6.45, 7) is 10.5. The lowest BCUT2D eigenvalue weighted by atomic mass is 9.96. The van der Waals surface area contributed by atoms with E-state index in [1.54, 1.807) is 12.3 Å². The number of nitrogens with zero attached hydrogens (tertiary/aromatic N) is 3. The SMILES string of the molecule is Cc1cc(N2C(=S)N[C@@H](c3ccccn3)[C@@H]2c2cc(C)n(-c3cccc(C)c3C)c2C)ccc1NS(C)(=O)=O. The Balaban J connectivity index is 1.67. The number of hydrogen-bond donors (Lipinski definition) is 2. The van der Waals surface area contributed by atoms with Crippen molar-refractivity contribution in [3.05, 3.63) is 106 Å². The van der Waals surface area contributed by atoms with Crippen LogP contribution in [0, 0.1) is 34.6 Å². The summed E-state index contributed by atoms with van der Waals surface area (Å²) in [6.07, 6.45) is 2.95. The van der Waals surface area contributed by atoms with Crippen LogP contribution in [0.5, 0.6) is 0 Å². The van der Waals surface area contributed by atoms with Gasteiger partial charge in [-0.1, -0.05) is 18.2 Å². The minimum atomic E-state index is -3.39. The number of aryl methyl sites for hydroxylation is 3. The zero-order valence-corrected chi connectivity index (χ0v) is 24.6. The molecular weight excluding hydrogens is 526 g/mol. The van der Waals surface area contributed by atoms with E-state index < -0.39 is 10.0 Å². The zero-order valence-electron chi connectivity index (χ0n) is 23.0. The first-order valence-electron chi connectivity index (χ1n) is 12.8. The van der Waals surface area contributed by atoms with Crippen molar-refractivity contribution >= 4 is 38.7 Å². The quantitative estimate of drug-likeness (QED) is 0.284. The largest absolute Gasteiger partial charge is 0.351 e. The molecule has 1 fully saturated rings. The predicted octanol–water partition coefficient (Wildman–Crippen LogP) is 5.96. The number of sulfonamides is 1. The Bertz CT molecular complexity index is 1680. The maximum absolute atomic E-state index is 11.9. The number of anilines is 2. The number of benzene rings is 2. The number of thiocarbonyl (C=S) groups is 1. The summed E-state index contributed by atoms with van der Waals surface area (Å²) < 4.78 is 28.6. The van der Waals surface area contributed by atoms with E-state index in [9.17, 15) is 8.42 Å². The molecule has 0 amide bonds. The van der Waals surface area contributed by atoms with Crippen molar-refractivity contribution in [2.75, 3.05) is 15.9 Å². The van der Waals surface area contributed by atoms with Gasteiger partial charge in [0, 0.05) is 29.0 Å².